The summed E-state index contributed by atoms with van der Waals surface area (Å²) in [6.07, 6.45) is 0.395. The lowest BCUT2D eigenvalue weighted by Crippen LogP contribution is -2.37. The molecule has 1 aromatic rings. The maximum atomic E-state index is 12.7. The van der Waals surface area contributed by atoms with Gasteiger partial charge in [-0.25, -0.2) is 0 Å². The van der Waals surface area contributed by atoms with E-state index in [1.165, 1.54) is 0 Å². The molecule has 2 aliphatic rings. The molecule has 146 valence electrons. The Balaban J connectivity index is 1.75. The van der Waals surface area contributed by atoms with Gasteiger partial charge in [0.2, 0.25) is 0 Å². The van der Waals surface area contributed by atoms with Crippen LogP contribution in [0.5, 0.6) is 0 Å². The minimum atomic E-state index is -4.54. The average Bonchev–Trinajstić information content (AvgIpc) is 3.04. The summed E-state index contributed by atoms with van der Waals surface area (Å²) in [6.45, 7) is 4.77. The Hall–Kier alpha value is -2.38. The summed E-state index contributed by atoms with van der Waals surface area (Å²) < 4.78 is 43.1. The summed E-state index contributed by atoms with van der Waals surface area (Å²) in [5, 5.41) is 0. The van der Waals surface area contributed by atoms with Gasteiger partial charge in [0, 0.05) is 19.3 Å². The fraction of sp³-hybridized carbons (Fsp3) is 0.526. The molecule has 8 heteroatoms. The van der Waals surface area contributed by atoms with Crippen LogP contribution in [-0.4, -0.2) is 41.5 Å². The smallest absolute Gasteiger partial charge is 0.433 e. The number of amides is 1. The number of likely N-dealkylation sites (tertiary alicyclic amines) is 1. The molecule has 4 atom stereocenters. The highest BCUT2D eigenvalue weighted by atomic mass is 19.4. The Kier molecular flexibility index (Phi) is 5.26. The van der Waals surface area contributed by atoms with Crippen LogP contribution in [0.1, 0.15) is 29.9 Å². The van der Waals surface area contributed by atoms with Crippen molar-refractivity contribution in [3.8, 4) is 0 Å². The van der Waals surface area contributed by atoms with Crippen LogP contribution in [0.15, 0.2) is 30.5 Å². The molecule has 1 saturated heterocycles. The second kappa shape index (κ2) is 7.32. The number of esters is 1. The van der Waals surface area contributed by atoms with Crippen molar-refractivity contribution in [2.24, 2.45) is 23.7 Å². The second-order valence-electron chi connectivity index (χ2n) is 6.99. The van der Waals surface area contributed by atoms with Crippen LogP contribution in [0.4, 0.5) is 13.2 Å². The zero-order valence-corrected chi connectivity index (χ0v) is 15.1. The van der Waals surface area contributed by atoms with Crippen LogP contribution >= 0.6 is 0 Å². The molecule has 0 unspecified atom stereocenters. The Labute approximate surface area is 155 Å². The quantitative estimate of drug-likeness (QED) is 0.595. The lowest BCUT2D eigenvalue weighted by Gasteiger charge is -2.31. The van der Waals surface area contributed by atoms with Gasteiger partial charge in [-0.1, -0.05) is 19.1 Å². The molecule has 1 aliphatic carbocycles. The van der Waals surface area contributed by atoms with Gasteiger partial charge in [0.1, 0.15) is 5.69 Å². The lowest BCUT2D eigenvalue weighted by molar-refractivity contribution is -0.152. The van der Waals surface area contributed by atoms with Crippen molar-refractivity contribution in [2.45, 2.75) is 20.0 Å². The molecule has 3 rings (SSSR count). The van der Waals surface area contributed by atoms with Gasteiger partial charge in [-0.3, -0.25) is 14.6 Å². The number of alkyl halides is 3. The number of rotatable bonds is 3. The SMILES string of the molecule is CCOC(=O)[C@@H]1[C@H]2CN(C(=O)c3ccc(C(F)(F)F)nc3)C[C@@H]2C=C[C@@H]1C. The highest BCUT2D eigenvalue weighted by Gasteiger charge is 2.46. The molecule has 1 amide bonds. The Morgan fingerprint density at radius 1 is 1.26 bits per heavy atom. The highest BCUT2D eigenvalue weighted by molar-refractivity contribution is 5.94. The fourth-order valence-corrected chi connectivity index (χ4v) is 3.93. The van der Waals surface area contributed by atoms with Gasteiger partial charge in [-0.15, -0.1) is 0 Å². The van der Waals surface area contributed by atoms with Crippen LogP contribution in [0.2, 0.25) is 0 Å². The average molecular weight is 382 g/mol. The summed E-state index contributed by atoms with van der Waals surface area (Å²) in [7, 11) is 0. The predicted molar refractivity (Wildman–Crippen MR) is 90.5 cm³/mol. The largest absolute Gasteiger partial charge is 0.466 e. The van der Waals surface area contributed by atoms with E-state index in [1.54, 1.807) is 11.8 Å². The monoisotopic (exact) mass is 382 g/mol. The van der Waals surface area contributed by atoms with Gasteiger partial charge < -0.3 is 9.64 Å². The first-order valence-corrected chi connectivity index (χ1v) is 8.89. The normalized spacial score (nSPS) is 27.4. The molecule has 27 heavy (non-hydrogen) atoms. The van der Waals surface area contributed by atoms with E-state index in [2.05, 4.69) is 4.98 Å². The number of pyridine rings is 1. The summed E-state index contributed by atoms with van der Waals surface area (Å²) in [6, 6.07) is 1.95. The van der Waals surface area contributed by atoms with E-state index < -0.39 is 11.9 Å². The Morgan fingerprint density at radius 3 is 2.59 bits per heavy atom. The van der Waals surface area contributed by atoms with Crippen molar-refractivity contribution in [1.82, 2.24) is 9.88 Å². The summed E-state index contributed by atoms with van der Waals surface area (Å²) in [5.74, 6) is -1.00. The standard InChI is InChI=1S/C19H21F3N2O3/c1-3-27-18(26)16-11(2)4-5-13-9-24(10-14(13)16)17(25)12-6-7-15(23-8-12)19(20,21)22/h4-8,11,13-14,16H,3,9-10H2,1-2H3/t11-,13-,14-,16-/m0/s1. The molecule has 0 aromatic carbocycles. The number of carbonyl (C=O) groups is 2. The van der Waals surface area contributed by atoms with E-state index in [1.807, 2.05) is 19.1 Å². The lowest BCUT2D eigenvalue weighted by atomic mass is 9.72. The number of halogens is 3. The molecule has 0 radical (unpaired) electrons. The van der Waals surface area contributed by atoms with Crippen LogP contribution in [0, 0.1) is 23.7 Å². The third-order valence-electron chi connectivity index (χ3n) is 5.25. The number of aromatic nitrogens is 1. The van der Waals surface area contributed by atoms with Gasteiger partial charge in [-0.05, 0) is 36.8 Å². The molecule has 5 nitrogen and oxygen atoms in total. The van der Waals surface area contributed by atoms with Crippen molar-refractivity contribution in [3.05, 3.63) is 41.7 Å². The summed E-state index contributed by atoms with van der Waals surface area (Å²) in [5.41, 5.74) is -0.931. The number of fused-ring (bicyclic) bond motifs is 1. The minimum Gasteiger partial charge on any atom is -0.466 e. The Bertz CT molecular complexity index is 746. The fourth-order valence-electron chi connectivity index (χ4n) is 3.93. The molecule has 1 aliphatic heterocycles. The number of carbonyl (C=O) groups excluding carboxylic acids is 2. The maximum absolute atomic E-state index is 12.7. The van der Waals surface area contributed by atoms with E-state index in [0.29, 0.717) is 19.7 Å². The van der Waals surface area contributed by atoms with E-state index in [0.717, 1.165) is 18.3 Å². The topological polar surface area (TPSA) is 59.5 Å². The van der Waals surface area contributed by atoms with Crippen molar-refractivity contribution in [2.75, 3.05) is 19.7 Å². The van der Waals surface area contributed by atoms with E-state index in [9.17, 15) is 22.8 Å². The van der Waals surface area contributed by atoms with Gasteiger partial charge in [0.25, 0.3) is 5.91 Å². The number of ether oxygens (including phenoxy) is 1. The molecule has 0 bridgehead atoms. The molecule has 0 N–H and O–H groups in total. The van der Waals surface area contributed by atoms with Crippen molar-refractivity contribution < 1.29 is 27.5 Å². The molecular weight excluding hydrogens is 361 g/mol. The first-order valence-electron chi connectivity index (χ1n) is 8.89. The van der Waals surface area contributed by atoms with Gasteiger partial charge in [-0.2, -0.15) is 13.2 Å². The van der Waals surface area contributed by atoms with E-state index in [4.69, 9.17) is 4.74 Å². The molecule has 1 aromatic heterocycles. The molecule has 0 spiro atoms. The molecular formula is C19H21F3N2O3. The molecule has 2 heterocycles. The van der Waals surface area contributed by atoms with Crippen LogP contribution < -0.4 is 0 Å². The van der Waals surface area contributed by atoms with E-state index in [-0.39, 0.29) is 41.1 Å². The zero-order chi connectivity index (χ0) is 19.8. The summed E-state index contributed by atoms with van der Waals surface area (Å²) in [4.78, 5) is 30.0. The molecule has 1 fully saturated rings. The maximum Gasteiger partial charge on any atom is 0.433 e. The predicted octanol–water partition coefficient (Wildman–Crippen LogP) is 3.17. The first kappa shape index (κ1) is 19.4. The van der Waals surface area contributed by atoms with Crippen LogP contribution in [-0.2, 0) is 15.7 Å². The van der Waals surface area contributed by atoms with Crippen LogP contribution in [0.3, 0.4) is 0 Å². The summed E-state index contributed by atoms with van der Waals surface area (Å²) >= 11 is 0. The second-order valence-corrected chi connectivity index (χ2v) is 6.99. The number of hydrogen-bond acceptors (Lipinski definition) is 4. The van der Waals surface area contributed by atoms with Crippen LogP contribution in [0.25, 0.3) is 0 Å². The van der Waals surface area contributed by atoms with Crippen molar-refractivity contribution in [3.63, 3.8) is 0 Å². The minimum absolute atomic E-state index is 0.00749. The van der Waals surface area contributed by atoms with Gasteiger partial charge in [0.05, 0.1) is 18.1 Å². The third kappa shape index (κ3) is 3.84. The van der Waals surface area contributed by atoms with Crippen molar-refractivity contribution >= 4 is 11.9 Å². The number of nitrogens with zero attached hydrogens (tertiary/aromatic N) is 2. The van der Waals surface area contributed by atoms with Gasteiger partial charge in [0.15, 0.2) is 0 Å². The third-order valence-corrected chi connectivity index (χ3v) is 5.25. The van der Waals surface area contributed by atoms with E-state index >= 15 is 0 Å². The molecule has 0 saturated carbocycles. The number of allylic oxidation sites excluding steroid dienone is 1. The Morgan fingerprint density at radius 2 is 2.00 bits per heavy atom. The van der Waals surface area contributed by atoms with Crippen molar-refractivity contribution in [1.29, 1.82) is 0 Å². The van der Waals surface area contributed by atoms with Gasteiger partial charge >= 0.3 is 12.1 Å². The number of hydrogen-bond donors (Lipinski definition) is 0. The highest BCUT2D eigenvalue weighted by Crippen LogP contribution is 2.40. The zero-order valence-electron chi connectivity index (χ0n) is 15.1. The first-order chi connectivity index (χ1) is 12.7.